The molecule has 1 aliphatic heterocycles. The average molecular weight is 195 g/mol. The van der Waals surface area contributed by atoms with Gasteiger partial charge >= 0.3 is 0 Å². The Labute approximate surface area is 87.0 Å². The molecule has 0 aliphatic carbocycles. The Morgan fingerprint density at radius 1 is 1.64 bits per heavy atom. The number of terminal acetylenes is 1. The van der Waals surface area contributed by atoms with Crippen LogP contribution in [0.1, 0.15) is 20.3 Å². The van der Waals surface area contributed by atoms with Gasteiger partial charge in [-0.3, -0.25) is 10.2 Å². The van der Waals surface area contributed by atoms with Gasteiger partial charge in [-0.15, -0.1) is 6.42 Å². The first-order chi connectivity index (χ1) is 6.63. The topological polar surface area (TPSA) is 41.3 Å². The van der Waals surface area contributed by atoms with Gasteiger partial charge in [-0.25, -0.2) is 0 Å². The maximum absolute atomic E-state index is 5.81. The normalized spacial score (nSPS) is 28.2. The highest BCUT2D eigenvalue weighted by atomic mass is 15.2. The van der Waals surface area contributed by atoms with Crippen molar-refractivity contribution in [2.45, 2.75) is 31.8 Å². The quantitative estimate of drug-likeness (QED) is 0.621. The molecule has 0 aromatic heterocycles. The van der Waals surface area contributed by atoms with E-state index in [0.717, 1.165) is 19.5 Å². The Bertz CT molecular complexity index is 219. The molecule has 1 heterocycles. The zero-order chi connectivity index (χ0) is 10.6. The molecule has 0 radical (unpaired) electrons. The van der Waals surface area contributed by atoms with E-state index in [1.165, 1.54) is 0 Å². The lowest BCUT2D eigenvalue weighted by Gasteiger charge is -2.29. The number of nitrogens with two attached hydrogens (primary N) is 1. The molecule has 3 nitrogen and oxygen atoms in total. The van der Waals surface area contributed by atoms with Crippen LogP contribution in [-0.4, -0.2) is 42.7 Å². The molecule has 1 aliphatic rings. The van der Waals surface area contributed by atoms with Crippen molar-refractivity contribution in [2.75, 3.05) is 26.2 Å². The van der Waals surface area contributed by atoms with Gasteiger partial charge in [-0.1, -0.05) is 5.92 Å². The van der Waals surface area contributed by atoms with E-state index >= 15 is 0 Å². The molecule has 3 heteroatoms. The summed E-state index contributed by atoms with van der Waals surface area (Å²) in [4.78, 5) is 2.44. The van der Waals surface area contributed by atoms with Crippen LogP contribution in [0.3, 0.4) is 0 Å². The number of hydrogen-bond donors (Lipinski definition) is 2. The second kappa shape index (κ2) is 4.79. The monoisotopic (exact) mass is 195 g/mol. The number of nitrogens with zero attached hydrogens (tertiary/aromatic N) is 1. The first-order valence-electron chi connectivity index (χ1n) is 5.26. The molecule has 1 unspecified atom stereocenters. The van der Waals surface area contributed by atoms with Gasteiger partial charge in [0.15, 0.2) is 0 Å². The predicted molar refractivity (Wildman–Crippen MR) is 59.9 cm³/mol. The van der Waals surface area contributed by atoms with Crippen molar-refractivity contribution in [3.05, 3.63) is 0 Å². The van der Waals surface area contributed by atoms with Crippen LogP contribution in [0, 0.1) is 12.3 Å². The molecule has 0 spiro atoms. The molecule has 0 aromatic carbocycles. The molecule has 1 fully saturated rings. The Balaban J connectivity index is 2.53. The van der Waals surface area contributed by atoms with Crippen molar-refractivity contribution < 1.29 is 0 Å². The van der Waals surface area contributed by atoms with Crippen LogP contribution in [0.25, 0.3) is 0 Å². The maximum atomic E-state index is 5.81. The van der Waals surface area contributed by atoms with Crippen LogP contribution in [0.5, 0.6) is 0 Å². The maximum Gasteiger partial charge on any atom is 0.0578 e. The van der Waals surface area contributed by atoms with Crippen LogP contribution in [0.4, 0.5) is 0 Å². The van der Waals surface area contributed by atoms with E-state index in [1.807, 2.05) is 0 Å². The van der Waals surface area contributed by atoms with E-state index in [2.05, 4.69) is 30.0 Å². The number of likely N-dealkylation sites (tertiary alicyclic amines) is 1. The minimum absolute atomic E-state index is 0.0522. The van der Waals surface area contributed by atoms with Gasteiger partial charge < -0.3 is 5.73 Å². The van der Waals surface area contributed by atoms with Crippen LogP contribution in [0.15, 0.2) is 0 Å². The molecule has 1 saturated heterocycles. The van der Waals surface area contributed by atoms with Gasteiger partial charge in [0.2, 0.25) is 0 Å². The first kappa shape index (κ1) is 11.5. The fourth-order valence-electron chi connectivity index (χ4n) is 1.97. The highest BCUT2D eigenvalue weighted by molar-refractivity contribution is 5.02. The molecule has 0 saturated carbocycles. The van der Waals surface area contributed by atoms with E-state index in [0.29, 0.717) is 19.1 Å². The molecule has 0 amide bonds. The summed E-state index contributed by atoms with van der Waals surface area (Å²) in [5, 5.41) is 3.38. The summed E-state index contributed by atoms with van der Waals surface area (Å²) in [5.74, 6) is 2.61. The summed E-state index contributed by atoms with van der Waals surface area (Å²) < 4.78 is 0. The summed E-state index contributed by atoms with van der Waals surface area (Å²) in [6, 6.07) is 0.594. The van der Waals surface area contributed by atoms with E-state index in [9.17, 15) is 0 Å². The fraction of sp³-hybridized carbons (Fsp3) is 0.818. The van der Waals surface area contributed by atoms with Crippen molar-refractivity contribution in [2.24, 2.45) is 5.73 Å². The third kappa shape index (κ3) is 2.48. The number of nitrogens with one attached hydrogen (secondary N) is 1. The predicted octanol–water partition coefficient (Wildman–Crippen LogP) is 0.0208. The minimum Gasteiger partial charge on any atom is -0.329 e. The Morgan fingerprint density at radius 3 is 2.79 bits per heavy atom. The van der Waals surface area contributed by atoms with Gasteiger partial charge in [0.25, 0.3) is 0 Å². The largest absolute Gasteiger partial charge is 0.329 e. The first-order valence-corrected chi connectivity index (χ1v) is 5.26. The molecular formula is C11H21N3. The summed E-state index contributed by atoms with van der Waals surface area (Å²) in [6.07, 6.45) is 6.35. The van der Waals surface area contributed by atoms with Crippen molar-refractivity contribution in [1.29, 1.82) is 0 Å². The van der Waals surface area contributed by atoms with Crippen molar-refractivity contribution in [1.82, 2.24) is 10.2 Å². The average Bonchev–Trinajstić information content (AvgIpc) is 2.60. The number of hydrogen-bond acceptors (Lipinski definition) is 3. The zero-order valence-corrected chi connectivity index (χ0v) is 9.21. The smallest absolute Gasteiger partial charge is 0.0578 e. The number of rotatable bonds is 4. The minimum atomic E-state index is 0.0522. The lowest BCUT2D eigenvalue weighted by atomic mass is 9.99. The molecule has 14 heavy (non-hydrogen) atoms. The third-order valence-corrected chi connectivity index (χ3v) is 3.07. The van der Waals surface area contributed by atoms with Gasteiger partial charge in [-0.05, 0) is 20.3 Å². The molecule has 80 valence electrons. The SMILES string of the molecule is C#CCNC1(CN)CCN(C(C)C)C1. The van der Waals surface area contributed by atoms with Crippen molar-refractivity contribution in [3.63, 3.8) is 0 Å². The van der Waals surface area contributed by atoms with Crippen LogP contribution in [0.2, 0.25) is 0 Å². The second-order valence-corrected chi connectivity index (χ2v) is 4.36. The molecule has 0 bridgehead atoms. The Kier molecular flexibility index (Phi) is 3.94. The molecule has 1 atom stereocenters. The van der Waals surface area contributed by atoms with Crippen LogP contribution < -0.4 is 11.1 Å². The zero-order valence-electron chi connectivity index (χ0n) is 9.21. The summed E-state index contributed by atoms with van der Waals surface area (Å²) >= 11 is 0. The lowest BCUT2D eigenvalue weighted by molar-refractivity contribution is 0.244. The highest BCUT2D eigenvalue weighted by Gasteiger charge is 2.36. The van der Waals surface area contributed by atoms with Gasteiger partial charge in [-0.2, -0.15) is 0 Å². The van der Waals surface area contributed by atoms with Gasteiger partial charge in [0.1, 0.15) is 0 Å². The standard InChI is InChI=1S/C11H21N3/c1-4-6-13-11(8-12)5-7-14(9-11)10(2)3/h1,10,13H,5-9,12H2,2-3H3. The van der Waals surface area contributed by atoms with Crippen LogP contribution >= 0.6 is 0 Å². The van der Waals surface area contributed by atoms with Crippen LogP contribution in [-0.2, 0) is 0 Å². The van der Waals surface area contributed by atoms with Gasteiger partial charge in [0, 0.05) is 31.2 Å². The Morgan fingerprint density at radius 2 is 2.36 bits per heavy atom. The molecule has 0 aromatic rings. The molecular weight excluding hydrogens is 174 g/mol. The third-order valence-electron chi connectivity index (χ3n) is 3.07. The van der Waals surface area contributed by atoms with Crippen molar-refractivity contribution >= 4 is 0 Å². The van der Waals surface area contributed by atoms with E-state index in [4.69, 9.17) is 12.2 Å². The summed E-state index contributed by atoms with van der Waals surface area (Å²) in [7, 11) is 0. The molecule has 1 rings (SSSR count). The fourth-order valence-corrected chi connectivity index (χ4v) is 1.97. The Hall–Kier alpha value is -0.560. The van der Waals surface area contributed by atoms with E-state index < -0.39 is 0 Å². The summed E-state index contributed by atoms with van der Waals surface area (Å²) in [5.41, 5.74) is 5.87. The van der Waals surface area contributed by atoms with E-state index in [1.54, 1.807) is 0 Å². The van der Waals surface area contributed by atoms with Crippen molar-refractivity contribution in [3.8, 4) is 12.3 Å². The highest BCUT2D eigenvalue weighted by Crippen LogP contribution is 2.21. The van der Waals surface area contributed by atoms with Gasteiger partial charge in [0.05, 0.1) is 6.54 Å². The molecule has 3 N–H and O–H groups in total. The summed E-state index contributed by atoms with van der Waals surface area (Å²) in [6.45, 7) is 7.85. The van der Waals surface area contributed by atoms with E-state index in [-0.39, 0.29) is 5.54 Å². The second-order valence-electron chi connectivity index (χ2n) is 4.36. The lowest BCUT2D eigenvalue weighted by Crippen LogP contribution is -2.53.